The molecule has 0 radical (unpaired) electrons. The number of anilines is 1. The van der Waals surface area contributed by atoms with Crippen LogP contribution in [0.2, 0.25) is 0 Å². The summed E-state index contributed by atoms with van der Waals surface area (Å²) in [5.74, 6) is 1.13. The van der Waals surface area contributed by atoms with Crippen molar-refractivity contribution in [3.8, 4) is 23.3 Å². The lowest BCUT2D eigenvalue weighted by Crippen LogP contribution is -2.08. The first kappa shape index (κ1) is 14.5. The molecular weight excluding hydrogens is 268 g/mol. The molecular formula is C16H16N2O3. The molecule has 0 spiro atoms. The minimum Gasteiger partial charge on any atom is -0.504 e. The molecule has 2 rings (SSSR count). The zero-order valence-corrected chi connectivity index (χ0v) is 11.8. The Morgan fingerprint density at radius 1 is 1.10 bits per heavy atom. The molecule has 5 nitrogen and oxygen atoms in total. The molecule has 2 aromatic carbocycles. The van der Waals surface area contributed by atoms with Gasteiger partial charge in [0, 0.05) is 5.69 Å². The van der Waals surface area contributed by atoms with Crippen LogP contribution in [0.15, 0.2) is 42.5 Å². The van der Waals surface area contributed by atoms with Gasteiger partial charge in [-0.3, -0.25) is 0 Å². The fourth-order valence-corrected chi connectivity index (χ4v) is 1.92. The van der Waals surface area contributed by atoms with Gasteiger partial charge in [-0.05, 0) is 42.0 Å². The standard InChI is InChI=1S/C16H16N2O3/c1-20-13-6-4-12(5-7-13)18-14(10-17)11-3-8-15(19)16(9-11)21-2/h3-9,14,18-19H,1-2H3. The van der Waals surface area contributed by atoms with Gasteiger partial charge < -0.3 is 19.9 Å². The number of hydrogen-bond donors (Lipinski definition) is 2. The number of nitrogens with one attached hydrogen (secondary N) is 1. The number of benzene rings is 2. The van der Waals surface area contributed by atoms with Crippen LogP contribution in [-0.2, 0) is 0 Å². The largest absolute Gasteiger partial charge is 0.504 e. The summed E-state index contributed by atoms with van der Waals surface area (Å²) in [5.41, 5.74) is 1.51. The number of hydrogen-bond acceptors (Lipinski definition) is 5. The molecule has 0 aromatic heterocycles. The second-order valence-electron chi connectivity index (χ2n) is 4.37. The number of ether oxygens (including phenoxy) is 2. The van der Waals surface area contributed by atoms with Crippen LogP contribution < -0.4 is 14.8 Å². The molecule has 1 atom stereocenters. The van der Waals surface area contributed by atoms with Crippen LogP contribution in [0.25, 0.3) is 0 Å². The Morgan fingerprint density at radius 2 is 1.81 bits per heavy atom. The van der Waals surface area contributed by atoms with Crippen molar-refractivity contribution in [1.82, 2.24) is 0 Å². The maximum Gasteiger partial charge on any atom is 0.160 e. The van der Waals surface area contributed by atoms with Crippen LogP contribution >= 0.6 is 0 Å². The normalized spacial score (nSPS) is 11.3. The van der Waals surface area contributed by atoms with Crippen LogP contribution in [-0.4, -0.2) is 19.3 Å². The van der Waals surface area contributed by atoms with E-state index in [0.29, 0.717) is 11.3 Å². The van der Waals surface area contributed by atoms with Crippen molar-refractivity contribution in [3.63, 3.8) is 0 Å². The molecule has 0 aliphatic rings. The van der Waals surface area contributed by atoms with E-state index in [1.165, 1.54) is 13.2 Å². The van der Waals surface area contributed by atoms with Gasteiger partial charge in [0.1, 0.15) is 11.8 Å². The first-order valence-corrected chi connectivity index (χ1v) is 6.35. The molecule has 5 heteroatoms. The summed E-state index contributed by atoms with van der Waals surface area (Å²) in [5, 5.41) is 22.0. The Kier molecular flexibility index (Phi) is 4.52. The van der Waals surface area contributed by atoms with E-state index in [1.807, 2.05) is 24.3 Å². The fraction of sp³-hybridized carbons (Fsp3) is 0.188. The molecule has 0 aliphatic heterocycles. The average molecular weight is 284 g/mol. The Morgan fingerprint density at radius 3 is 2.38 bits per heavy atom. The van der Waals surface area contributed by atoms with Crippen LogP contribution in [0.1, 0.15) is 11.6 Å². The summed E-state index contributed by atoms with van der Waals surface area (Å²) >= 11 is 0. The molecule has 2 N–H and O–H groups in total. The van der Waals surface area contributed by atoms with Crippen LogP contribution in [0.4, 0.5) is 5.69 Å². The van der Waals surface area contributed by atoms with Crippen molar-refractivity contribution < 1.29 is 14.6 Å². The number of aromatic hydroxyl groups is 1. The van der Waals surface area contributed by atoms with E-state index in [2.05, 4.69) is 11.4 Å². The maximum atomic E-state index is 9.59. The number of nitriles is 1. The molecule has 0 bridgehead atoms. The quantitative estimate of drug-likeness (QED) is 0.882. The number of rotatable bonds is 5. The minimum atomic E-state index is -0.548. The third kappa shape index (κ3) is 3.37. The summed E-state index contributed by atoms with van der Waals surface area (Å²) < 4.78 is 10.1. The summed E-state index contributed by atoms with van der Waals surface area (Å²) in [6.45, 7) is 0. The Labute approximate surface area is 123 Å². The Balaban J connectivity index is 2.21. The average Bonchev–Trinajstić information content (AvgIpc) is 2.54. The van der Waals surface area contributed by atoms with Gasteiger partial charge >= 0.3 is 0 Å². The third-order valence-corrected chi connectivity index (χ3v) is 3.07. The van der Waals surface area contributed by atoms with E-state index in [0.717, 1.165) is 11.4 Å². The van der Waals surface area contributed by atoms with E-state index < -0.39 is 6.04 Å². The summed E-state index contributed by atoms with van der Waals surface area (Å²) in [4.78, 5) is 0. The predicted molar refractivity (Wildman–Crippen MR) is 79.6 cm³/mol. The second-order valence-corrected chi connectivity index (χ2v) is 4.37. The van der Waals surface area contributed by atoms with Gasteiger partial charge in [0.05, 0.1) is 20.3 Å². The van der Waals surface area contributed by atoms with Crippen LogP contribution in [0.5, 0.6) is 17.2 Å². The first-order chi connectivity index (χ1) is 10.2. The Hall–Kier alpha value is -2.87. The smallest absolute Gasteiger partial charge is 0.160 e. The van der Waals surface area contributed by atoms with Gasteiger partial charge in [0.2, 0.25) is 0 Å². The monoisotopic (exact) mass is 284 g/mol. The summed E-state index contributed by atoms with van der Waals surface area (Å²) in [6, 6.07) is 13.8. The topological polar surface area (TPSA) is 74.5 Å². The predicted octanol–water partition coefficient (Wildman–Crippen LogP) is 3.09. The lowest BCUT2D eigenvalue weighted by molar-refractivity contribution is 0.373. The summed E-state index contributed by atoms with van der Waals surface area (Å²) in [7, 11) is 3.07. The van der Waals surface area contributed by atoms with E-state index in [9.17, 15) is 10.4 Å². The highest BCUT2D eigenvalue weighted by Gasteiger charge is 2.13. The van der Waals surface area contributed by atoms with Gasteiger partial charge in [-0.15, -0.1) is 0 Å². The molecule has 0 saturated carbocycles. The maximum absolute atomic E-state index is 9.59. The van der Waals surface area contributed by atoms with Crippen molar-refractivity contribution in [2.45, 2.75) is 6.04 Å². The van der Waals surface area contributed by atoms with Crippen molar-refractivity contribution in [3.05, 3.63) is 48.0 Å². The molecule has 2 aromatic rings. The van der Waals surface area contributed by atoms with Crippen LogP contribution in [0, 0.1) is 11.3 Å². The SMILES string of the molecule is COc1ccc(NC(C#N)c2ccc(O)c(OC)c2)cc1. The number of methoxy groups -OCH3 is 2. The lowest BCUT2D eigenvalue weighted by Gasteiger charge is -2.15. The van der Waals surface area contributed by atoms with Gasteiger partial charge in [0.25, 0.3) is 0 Å². The first-order valence-electron chi connectivity index (χ1n) is 6.35. The van der Waals surface area contributed by atoms with Crippen molar-refractivity contribution in [2.75, 3.05) is 19.5 Å². The third-order valence-electron chi connectivity index (χ3n) is 3.07. The number of nitrogens with zero attached hydrogens (tertiary/aromatic N) is 1. The zero-order chi connectivity index (χ0) is 15.2. The molecule has 1 unspecified atom stereocenters. The zero-order valence-electron chi connectivity index (χ0n) is 11.8. The Bertz CT molecular complexity index is 648. The summed E-state index contributed by atoms with van der Waals surface area (Å²) in [6.07, 6.45) is 0. The van der Waals surface area contributed by atoms with Gasteiger partial charge in [-0.2, -0.15) is 5.26 Å². The van der Waals surface area contributed by atoms with E-state index in [4.69, 9.17) is 9.47 Å². The minimum absolute atomic E-state index is 0.0439. The van der Waals surface area contributed by atoms with Crippen molar-refractivity contribution in [1.29, 1.82) is 5.26 Å². The van der Waals surface area contributed by atoms with Crippen LogP contribution in [0.3, 0.4) is 0 Å². The highest BCUT2D eigenvalue weighted by Crippen LogP contribution is 2.30. The van der Waals surface area contributed by atoms with E-state index in [1.54, 1.807) is 19.2 Å². The highest BCUT2D eigenvalue weighted by atomic mass is 16.5. The van der Waals surface area contributed by atoms with E-state index >= 15 is 0 Å². The molecule has 0 heterocycles. The highest BCUT2D eigenvalue weighted by molar-refractivity contribution is 5.51. The van der Waals surface area contributed by atoms with Crippen molar-refractivity contribution >= 4 is 5.69 Å². The molecule has 21 heavy (non-hydrogen) atoms. The van der Waals surface area contributed by atoms with Gasteiger partial charge in [0.15, 0.2) is 11.5 Å². The fourth-order valence-electron chi connectivity index (χ4n) is 1.92. The molecule has 0 aliphatic carbocycles. The second kappa shape index (κ2) is 6.53. The number of phenolic OH excluding ortho intramolecular Hbond substituents is 1. The molecule has 108 valence electrons. The van der Waals surface area contributed by atoms with Gasteiger partial charge in [-0.25, -0.2) is 0 Å². The van der Waals surface area contributed by atoms with E-state index in [-0.39, 0.29) is 5.75 Å². The number of phenols is 1. The van der Waals surface area contributed by atoms with Crippen molar-refractivity contribution in [2.24, 2.45) is 0 Å². The molecule has 0 amide bonds. The lowest BCUT2D eigenvalue weighted by atomic mass is 10.1. The molecule has 0 saturated heterocycles. The van der Waals surface area contributed by atoms with Gasteiger partial charge in [-0.1, -0.05) is 6.07 Å². The molecule has 0 fully saturated rings.